The maximum atomic E-state index is 12.3. The van der Waals surface area contributed by atoms with Crippen LogP contribution in [0.15, 0.2) is 82.4 Å². The highest BCUT2D eigenvalue weighted by molar-refractivity contribution is 5.86. The summed E-state index contributed by atoms with van der Waals surface area (Å²) in [5.74, 6) is 1.00. The van der Waals surface area contributed by atoms with Gasteiger partial charge >= 0.3 is 0 Å². The van der Waals surface area contributed by atoms with Crippen molar-refractivity contribution in [2.45, 2.75) is 13.0 Å². The highest BCUT2D eigenvalue weighted by atomic mass is 16.6. The Morgan fingerprint density at radius 2 is 1.94 bits per heavy atom. The Labute approximate surface area is 182 Å². The molecule has 2 heterocycles. The zero-order valence-electron chi connectivity index (χ0n) is 17.0. The van der Waals surface area contributed by atoms with Crippen molar-refractivity contribution in [3.05, 3.63) is 88.8 Å². The van der Waals surface area contributed by atoms with Gasteiger partial charge in [-0.2, -0.15) is 5.10 Å². The molecule has 160 valence electrons. The number of nitro groups is 1. The summed E-state index contributed by atoms with van der Waals surface area (Å²) in [5, 5.41) is 15.6. The molecule has 0 saturated carbocycles. The van der Waals surface area contributed by atoms with Gasteiger partial charge in [-0.15, -0.1) is 0 Å². The number of para-hydroxylation sites is 1. The van der Waals surface area contributed by atoms with Gasteiger partial charge in [0, 0.05) is 29.3 Å². The zero-order chi connectivity index (χ0) is 22.5. The number of non-ortho nitro benzene ring substituents is 1. The molecular formula is C23H18N4O5. The number of rotatable bonds is 7. The van der Waals surface area contributed by atoms with E-state index in [0.717, 1.165) is 5.39 Å². The fourth-order valence-corrected chi connectivity index (χ4v) is 2.99. The molecule has 0 spiro atoms. The van der Waals surface area contributed by atoms with Crippen LogP contribution in [0, 0.1) is 10.1 Å². The molecule has 2 aromatic carbocycles. The van der Waals surface area contributed by atoms with Crippen LogP contribution >= 0.6 is 0 Å². The van der Waals surface area contributed by atoms with Crippen molar-refractivity contribution in [1.82, 2.24) is 10.4 Å². The van der Waals surface area contributed by atoms with Crippen LogP contribution in [0.1, 0.15) is 12.7 Å². The van der Waals surface area contributed by atoms with Gasteiger partial charge in [-0.1, -0.05) is 18.2 Å². The SMILES string of the molecule is C[C@@H](Oc1cccc2cccnc12)C(=O)N/N=C\c1ccc(-c2ccc([N+](=O)[O-])cc2)o1. The first kappa shape index (κ1) is 20.7. The number of hydrogen-bond acceptors (Lipinski definition) is 7. The number of nitrogens with zero attached hydrogens (tertiary/aromatic N) is 3. The summed E-state index contributed by atoms with van der Waals surface area (Å²) < 4.78 is 11.4. The normalized spacial score (nSPS) is 12.0. The number of aromatic nitrogens is 1. The molecule has 1 atom stereocenters. The summed E-state index contributed by atoms with van der Waals surface area (Å²) in [6.07, 6.45) is 2.23. The van der Waals surface area contributed by atoms with Crippen molar-refractivity contribution in [3.8, 4) is 17.1 Å². The monoisotopic (exact) mass is 430 g/mol. The predicted octanol–water partition coefficient (Wildman–Crippen LogP) is 4.32. The van der Waals surface area contributed by atoms with Gasteiger partial charge in [0.05, 0.1) is 11.1 Å². The lowest BCUT2D eigenvalue weighted by molar-refractivity contribution is -0.384. The third kappa shape index (κ3) is 4.62. The Balaban J connectivity index is 1.36. The third-order valence-electron chi connectivity index (χ3n) is 4.62. The summed E-state index contributed by atoms with van der Waals surface area (Å²) in [4.78, 5) is 26.9. The molecular weight excluding hydrogens is 412 g/mol. The first-order valence-electron chi connectivity index (χ1n) is 9.69. The molecule has 0 saturated heterocycles. The summed E-state index contributed by atoms with van der Waals surface area (Å²) in [6.45, 7) is 1.62. The zero-order valence-corrected chi connectivity index (χ0v) is 17.0. The van der Waals surface area contributed by atoms with Crippen molar-refractivity contribution in [2.24, 2.45) is 5.10 Å². The number of ether oxygens (including phenoxy) is 1. The van der Waals surface area contributed by atoms with Gasteiger partial charge in [0.2, 0.25) is 0 Å². The highest BCUT2D eigenvalue weighted by Gasteiger charge is 2.16. The molecule has 4 aromatic rings. The van der Waals surface area contributed by atoms with E-state index in [1.54, 1.807) is 43.5 Å². The fraction of sp³-hybridized carbons (Fsp3) is 0.0870. The number of carbonyl (C=O) groups is 1. The molecule has 0 bridgehead atoms. The van der Waals surface area contributed by atoms with Gasteiger partial charge in [-0.25, -0.2) is 5.43 Å². The maximum Gasteiger partial charge on any atom is 0.280 e. The topological polar surface area (TPSA) is 120 Å². The van der Waals surface area contributed by atoms with E-state index in [2.05, 4.69) is 15.5 Å². The van der Waals surface area contributed by atoms with Gasteiger partial charge in [0.1, 0.15) is 22.8 Å². The second-order valence-corrected chi connectivity index (χ2v) is 6.83. The summed E-state index contributed by atoms with van der Waals surface area (Å²) in [7, 11) is 0. The largest absolute Gasteiger partial charge is 0.479 e. The van der Waals surface area contributed by atoms with Gasteiger partial charge in [-0.05, 0) is 43.3 Å². The van der Waals surface area contributed by atoms with Crippen LogP contribution in [-0.4, -0.2) is 28.1 Å². The number of benzene rings is 2. The number of hydrogen-bond donors (Lipinski definition) is 1. The second-order valence-electron chi connectivity index (χ2n) is 6.83. The van der Waals surface area contributed by atoms with E-state index in [-0.39, 0.29) is 5.69 Å². The highest BCUT2D eigenvalue weighted by Crippen LogP contribution is 2.25. The quantitative estimate of drug-likeness (QED) is 0.265. The molecule has 0 unspecified atom stereocenters. The lowest BCUT2D eigenvalue weighted by Crippen LogP contribution is -2.33. The van der Waals surface area contributed by atoms with E-state index in [0.29, 0.717) is 28.4 Å². The minimum Gasteiger partial charge on any atom is -0.479 e. The first-order valence-corrected chi connectivity index (χ1v) is 9.69. The van der Waals surface area contributed by atoms with Gasteiger partial charge in [0.15, 0.2) is 6.10 Å². The van der Waals surface area contributed by atoms with Crippen LogP contribution in [0.3, 0.4) is 0 Å². The fourth-order valence-electron chi connectivity index (χ4n) is 2.99. The van der Waals surface area contributed by atoms with Crippen LogP contribution in [0.4, 0.5) is 5.69 Å². The number of pyridine rings is 1. The van der Waals surface area contributed by atoms with Crippen molar-refractivity contribution in [2.75, 3.05) is 0 Å². The smallest absolute Gasteiger partial charge is 0.280 e. The standard InChI is InChI=1S/C23H18N4O5/c1-15(31-21-6-2-4-17-5-3-13-24-22(17)21)23(28)26-25-14-19-11-12-20(32-19)16-7-9-18(10-8-16)27(29)30/h2-15H,1H3,(H,26,28)/b25-14-/t15-/m1/s1. The van der Waals surface area contributed by atoms with E-state index < -0.39 is 16.9 Å². The molecule has 9 heteroatoms. The van der Waals surface area contributed by atoms with Crippen LogP contribution in [0.5, 0.6) is 5.75 Å². The van der Waals surface area contributed by atoms with Crippen molar-refractivity contribution in [1.29, 1.82) is 0 Å². The number of fused-ring (bicyclic) bond motifs is 1. The number of nitrogens with one attached hydrogen (secondary N) is 1. The third-order valence-corrected chi connectivity index (χ3v) is 4.62. The average Bonchev–Trinajstić information content (AvgIpc) is 3.28. The van der Waals surface area contributed by atoms with E-state index in [4.69, 9.17) is 9.15 Å². The van der Waals surface area contributed by atoms with Crippen LogP contribution in [0.25, 0.3) is 22.2 Å². The Morgan fingerprint density at radius 3 is 2.72 bits per heavy atom. The van der Waals surface area contributed by atoms with Gasteiger partial charge < -0.3 is 9.15 Å². The Hall–Kier alpha value is -4.53. The summed E-state index contributed by atoms with van der Waals surface area (Å²) in [6, 6.07) is 18.6. The Morgan fingerprint density at radius 1 is 1.16 bits per heavy atom. The molecule has 1 N–H and O–H groups in total. The molecule has 4 rings (SSSR count). The molecule has 0 aliphatic rings. The van der Waals surface area contributed by atoms with Gasteiger partial charge in [-0.3, -0.25) is 19.9 Å². The maximum absolute atomic E-state index is 12.3. The van der Waals surface area contributed by atoms with Crippen molar-refractivity contribution < 1.29 is 18.9 Å². The summed E-state index contributed by atoms with van der Waals surface area (Å²) in [5.41, 5.74) is 3.78. The van der Waals surface area contributed by atoms with Gasteiger partial charge in [0.25, 0.3) is 11.6 Å². The summed E-state index contributed by atoms with van der Waals surface area (Å²) >= 11 is 0. The first-order chi connectivity index (χ1) is 15.5. The van der Waals surface area contributed by atoms with E-state index in [9.17, 15) is 14.9 Å². The van der Waals surface area contributed by atoms with E-state index in [1.807, 2.05) is 24.3 Å². The molecule has 0 fully saturated rings. The lowest BCUT2D eigenvalue weighted by atomic mass is 10.1. The molecule has 0 aliphatic carbocycles. The second kappa shape index (κ2) is 9.09. The van der Waals surface area contributed by atoms with Crippen LogP contribution in [-0.2, 0) is 4.79 Å². The average molecular weight is 430 g/mol. The minimum atomic E-state index is -0.799. The van der Waals surface area contributed by atoms with Crippen molar-refractivity contribution >= 4 is 28.7 Å². The molecule has 9 nitrogen and oxygen atoms in total. The number of carbonyl (C=O) groups excluding carboxylic acids is 1. The van der Waals surface area contributed by atoms with Crippen LogP contribution in [0.2, 0.25) is 0 Å². The van der Waals surface area contributed by atoms with E-state index in [1.165, 1.54) is 18.3 Å². The van der Waals surface area contributed by atoms with E-state index >= 15 is 0 Å². The minimum absolute atomic E-state index is 0.000393. The number of furan rings is 1. The predicted molar refractivity (Wildman–Crippen MR) is 118 cm³/mol. The van der Waals surface area contributed by atoms with Crippen molar-refractivity contribution in [3.63, 3.8) is 0 Å². The number of amides is 1. The molecule has 2 aromatic heterocycles. The van der Waals surface area contributed by atoms with Crippen LogP contribution < -0.4 is 10.2 Å². The molecule has 32 heavy (non-hydrogen) atoms. The molecule has 0 aliphatic heterocycles. The Kier molecular flexibility index (Phi) is 5.89. The lowest BCUT2D eigenvalue weighted by Gasteiger charge is -2.14. The molecule has 0 radical (unpaired) electrons. The Bertz CT molecular complexity index is 1290. The number of nitro benzene ring substituents is 1. The number of hydrazone groups is 1. The molecule has 1 amide bonds.